The summed E-state index contributed by atoms with van der Waals surface area (Å²) in [7, 11) is 0. The molecule has 1 fully saturated rings. The third-order valence-electron chi connectivity index (χ3n) is 3.96. The minimum absolute atomic E-state index is 0.276. The highest BCUT2D eigenvalue weighted by atomic mass is 19.4. The molecular weight excluding hydrogens is 339 g/mol. The summed E-state index contributed by atoms with van der Waals surface area (Å²) >= 11 is 0. The summed E-state index contributed by atoms with van der Waals surface area (Å²) in [4.78, 5) is 17.4. The van der Waals surface area contributed by atoms with Crippen molar-refractivity contribution in [1.29, 1.82) is 0 Å². The first kappa shape index (κ1) is 17.5. The van der Waals surface area contributed by atoms with Crippen LogP contribution < -0.4 is 10.9 Å². The molecule has 2 aromatic rings. The fourth-order valence-corrected chi connectivity index (χ4v) is 2.68. The van der Waals surface area contributed by atoms with E-state index in [1.165, 1.54) is 4.68 Å². The zero-order valence-electron chi connectivity index (χ0n) is 13.6. The number of ether oxygens (including phenoxy) is 1. The molecular formula is C15H18F3N5O2. The number of nitrogens with zero attached hydrogens (tertiary/aromatic N) is 3. The second kappa shape index (κ2) is 6.87. The molecule has 2 N–H and O–H groups in total. The van der Waals surface area contributed by atoms with Crippen LogP contribution >= 0.6 is 0 Å². The van der Waals surface area contributed by atoms with Gasteiger partial charge in [0.05, 0.1) is 5.69 Å². The Balaban J connectivity index is 1.87. The quantitative estimate of drug-likeness (QED) is 0.876. The van der Waals surface area contributed by atoms with Crippen LogP contribution in [0, 0.1) is 12.8 Å². The van der Waals surface area contributed by atoms with Gasteiger partial charge in [0.15, 0.2) is 5.69 Å². The van der Waals surface area contributed by atoms with Gasteiger partial charge in [-0.2, -0.15) is 23.0 Å². The molecule has 0 unspecified atom stereocenters. The van der Waals surface area contributed by atoms with Gasteiger partial charge >= 0.3 is 6.18 Å². The maximum Gasteiger partial charge on any atom is 0.433 e. The smallest absolute Gasteiger partial charge is 0.381 e. The molecule has 0 bridgehead atoms. The third kappa shape index (κ3) is 4.19. The first-order valence-corrected chi connectivity index (χ1v) is 7.90. The fourth-order valence-electron chi connectivity index (χ4n) is 2.68. The van der Waals surface area contributed by atoms with E-state index in [2.05, 4.69) is 20.4 Å². The van der Waals surface area contributed by atoms with Crippen molar-refractivity contribution in [2.75, 3.05) is 25.1 Å². The van der Waals surface area contributed by atoms with E-state index in [1.807, 2.05) is 0 Å². The summed E-state index contributed by atoms with van der Waals surface area (Å²) in [5.41, 5.74) is -1.55. The molecule has 0 saturated carbocycles. The van der Waals surface area contributed by atoms with Crippen molar-refractivity contribution in [3.05, 3.63) is 33.9 Å². The number of rotatable bonds is 4. The molecule has 1 aliphatic rings. The molecule has 0 radical (unpaired) electrons. The van der Waals surface area contributed by atoms with E-state index in [0.29, 0.717) is 43.3 Å². The fraction of sp³-hybridized carbons (Fsp3) is 0.533. The number of alkyl halides is 3. The summed E-state index contributed by atoms with van der Waals surface area (Å²) in [6.07, 6.45) is -2.88. The van der Waals surface area contributed by atoms with Gasteiger partial charge in [-0.05, 0) is 25.7 Å². The van der Waals surface area contributed by atoms with Crippen LogP contribution in [0.5, 0.6) is 0 Å². The summed E-state index contributed by atoms with van der Waals surface area (Å²) in [6.45, 7) is 3.75. The number of hydrogen-bond donors (Lipinski definition) is 2. The molecule has 1 aliphatic heterocycles. The second-order valence-corrected chi connectivity index (χ2v) is 5.97. The van der Waals surface area contributed by atoms with Crippen LogP contribution in [0.15, 0.2) is 16.9 Å². The van der Waals surface area contributed by atoms with Crippen LogP contribution in [0.4, 0.5) is 19.0 Å². The molecule has 0 aromatic carbocycles. The monoisotopic (exact) mass is 357 g/mol. The molecule has 136 valence electrons. The van der Waals surface area contributed by atoms with Crippen molar-refractivity contribution >= 4 is 5.82 Å². The number of nitrogens with one attached hydrogen (secondary N) is 2. The number of aromatic amines is 1. The van der Waals surface area contributed by atoms with E-state index < -0.39 is 17.4 Å². The van der Waals surface area contributed by atoms with E-state index >= 15 is 0 Å². The van der Waals surface area contributed by atoms with Crippen molar-refractivity contribution in [2.45, 2.75) is 25.9 Å². The van der Waals surface area contributed by atoms with Crippen molar-refractivity contribution in [3.63, 3.8) is 0 Å². The van der Waals surface area contributed by atoms with Crippen LogP contribution in [0.2, 0.25) is 0 Å². The minimum Gasteiger partial charge on any atom is -0.381 e. The van der Waals surface area contributed by atoms with Crippen molar-refractivity contribution in [2.24, 2.45) is 5.92 Å². The van der Waals surface area contributed by atoms with Gasteiger partial charge in [0.1, 0.15) is 5.82 Å². The lowest BCUT2D eigenvalue weighted by atomic mass is 10.0. The van der Waals surface area contributed by atoms with Gasteiger partial charge in [0, 0.05) is 31.9 Å². The van der Waals surface area contributed by atoms with E-state index in [1.54, 1.807) is 13.0 Å². The van der Waals surface area contributed by atoms with Gasteiger partial charge < -0.3 is 10.1 Å². The Kier molecular flexibility index (Phi) is 4.80. The van der Waals surface area contributed by atoms with Gasteiger partial charge in [-0.1, -0.05) is 0 Å². The van der Waals surface area contributed by atoms with Crippen LogP contribution in [-0.2, 0) is 10.9 Å². The Morgan fingerprint density at radius 2 is 2.08 bits per heavy atom. The Bertz CT molecular complexity index is 793. The number of aryl methyl sites for hydroxylation is 1. The number of aromatic nitrogens is 4. The maximum atomic E-state index is 12.9. The van der Waals surface area contributed by atoms with E-state index in [0.717, 1.165) is 12.8 Å². The molecule has 7 nitrogen and oxygen atoms in total. The highest BCUT2D eigenvalue weighted by molar-refractivity contribution is 5.41. The molecule has 3 heterocycles. The average Bonchev–Trinajstić information content (AvgIpc) is 2.93. The van der Waals surface area contributed by atoms with Crippen molar-refractivity contribution in [1.82, 2.24) is 19.7 Å². The lowest BCUT2D eigenvalue weighted by Gasteiger charge is -2.22. The zero-order chi connectivity index (χ0) is 18.0. The molecule has 0 amide bonds. The van der Waals surface area contributed by atoms with E-state index in [4.69, 9.17) is 4.74 Å². The number of anilines is 1. The molecule has 1 saturated heterocycles. The van der Waals surface area contributed by atoms with Gasteiger partial charge in [0.2, 0.25) is 5.95 Å². The molecule has 0 atom stereocenters. The summed E-state index contributed by atoms with van der Waals surface area (Å²) < 4.78 is 45.2. The van der Waals surface area contributed by atoms with E-state index in [-0.39, 0.29) is 5.95 Å². The normalized spacial score (nSPS) is 16.2. The van der Waals surface area contributed by atoms with Crippen molar-refractivity contribution in [3.8, 4) is 5.95 Å². The van der Waals surface area contributed by atoms with Gasteiger partial charge in [-0.15, -0.1) is 0 Å². The first-order valence-electron chi connectivity index (χ1n) is 7.90. The van der Waals surface area contributed by atoms with Crippen LogP contribution in [0.1, 0.15) is 24.2 Å². The number of halogens is 3. The molecule has 10 heteroatoms. The van der Waals surface area contributed by atoms with Gasteiger partial charge in [0.25, 0.3) is 5.56 Å². The summed E-state index contributed by atoms with van der Waals surface area (Å²) in [6, 6.07) is 2.12. The predicted octanol–water partition coefficient (Wildman–Crippen LogP) is 2.12. The molecule has 0 spiro atoms. The van der Waals surface area contributed by atoms with Crippen LogP contribution in [0.3, 0.4) is 0 Å². The molecule has 2 aromatic heterocycles. The first-order chi connectivity index (χ1) is 11.8. The number of hydrogen-bond acceptors (Lipinski definition) is 5. The second-order valence-electron chi connectivity index (χ2n) is 5.97. The summed E-state index contributed by atoms with van der Waals surface area (Å²) in [5.74, 6) is 0.611. The van der Waals surface area contributed by atoms with Crippen LogP contribution in [0.25, 0.3) is 5.95 Å². The highest BCUT2D eigenvalue weighted by Gasteiger charge is 2.34. The molecule has 25 heavy (non-hydrogen) atoms. The molecule has 0 aliphatic carbocycles. The topological polar surface area (TPSA) is 84.8 Å². The van der Waals surface area contributed by atoms with Crippen molar-refractivity contribution < 1.29 is 17.9 Å². The molecule has 3 rings (SSSR count). The van der Waals surface area contributed by atoms with Gasteiger partial charge in [-0.25, -0.2) is 4.98 Å². The highest BCUT2D eigenvalue weighted by Crippen LogP contribution is 2.27. The zero-order valence-corrected chi connectivity index (χ0v) is 13.6. The SMILES string of the molecule is Cc1cc(NCC2CCOCC2)n(-c2nc(C(F)(F)F)cc(=O)[nH]2)n1. The Morgan fingerprint density at radius 1 is 1.36 bits per heavy atom. The average molecular weight is 357 g/mol. The Morgan fingerprint density at radius 3 is 2.76 bits per heavy atom. The predicted molar refractivity (Wildman–Crippen MR) is 83.8 cm³/mol. The van der Waals surface area contributed by atoms with Gasteiger partial charge in [-0.3, -0.25) is 9.78 Å². The third-order valence-corrected chi connectivity index (χ3v) is 3.96. The maximum absolute atomic E-state index is 12.9. The van der Waals surface area contributed by atoms with E-state index in [9.17, 15) is 18.0 Å². The number of H-pyrrole nitrogens is 1. The van der Waals surface area contributed by atoms with Crippen LogP contribution in [-0.4, -0.2) is 39.5 Å². The largest absolute Gasteiger partial charge is 0.433 e. The standard InChI is InChI=1S/C15H18F3N5O2/c1-9-6-12(19-8-10-2-4-25-5-3-10)23(22-9)14-20-11(15(16,17)18)7-13(24)21-14/h6-7,10,19H,2-5,8H2,1H3,(H,20,21,24). The Labute approximate surface area is 141 Å². The lowest BCUT2D eigenvalue weighted by molar-refractivity contribution is -0.141. The minimum atomic E-state index is -4.71. The lowest BCUT2D eigenvalue weighted by Crippen LogP contribution is -2.24. The summed E-state index contributed by atoms with van der Waals surface area (Å²) in [5, 5.41) is 7.32. The Hall–Kier alpha value is -2.36.